The van der Waals surface area contributed by atoms with E-state index in [1.165, 1.54) is 4.90 Å². The van der Waals surface area contributed by atoms with Crippen LogP contribution in [0.15, 0.2) is 30.3 Å². The van der Waals surface area contributed by atoms with Crippen LogP contribution in [0.1, 0.15) is 25.3 Å². The predicted molar refractivity (Wildman–Crippen MR) is 77.8 cm³/mol. The van der Waals surface area contributed by atoms with Crippen molar-refractivity contribution in [1.29, 1.82) is 0 Å². The summed E-state index contributed by atoms with van der Waals surface area (Å²) in [5.74, 6) is -0.376. The summed E-state index contributed by atoms with van der Waals surface area (Å²) in [7, 11) is 0. The maximum atomic E-state index is 11.6. The van der Waals surface area contributed by atoms with Gasteiger partial charge in [-0.15, -0.1) is 0 Å². The lowest BCUT2D eigenvalue weighted by atomic mass is 10.2. The fourth-order valence-electron chi connectivity index (χ4n) is 1.69. The highest BCUT2D eigenvalue weighted by molar-refractivity contribution is 5.85. The van der Waals surface area contributed by atoms with E-state index in [0.717, 1.165) is 5.56 Å². The summed E-state index contributed by atoms with van der Waals surface area (Å²) in [6.45, 7) is 2.05. The van der Waals surface area contributed by atoms with Crippen LogP contribution in [0.25, 0.3) is 0 Å². The van der Waals surface area contributed by atoms with Gasteiger partial charge in [0.15, 0.2) is 5.78 Å². The second kappa shape index (κ2) is 8.73. The van der Waals surface area contributed by atoms with Crippen LogP contribution >= 0.6 is 0 Å². The Bertz CT molecular complexity index is 488. The summed E-state index contributed by atoms with van der Waals surface area (Å²) >= 11 is 0. The summed E-state index contributed by atoms with van der Waals surface area (Å²) in [5, 5.41) is 11.6. The highest BCUT2D eigenvalue weighted by Crippen LogP contribution is 2.05. The number of hydrogen-bond donors (Lipinski definition) is 2. The number of amides is 2. The number of carboxylic acid groups (broad SMARTS) is 1. The first kappa shape index (κ1) is 16.7. The van der Waals surface area contributed by atoms with Gasteiger partial charge in [-0.1, -0.05) is 37.3 Å². The predicted octanol–water partition coefficient (Wildman–Crippen LogP) is 1.65. The highest BCUT2D eigenvalue weighted by Gasteiger charge is 2.14. The number of hydrogen-bond acceptors (Lipinski definition) is 3. The molecular formula is C15H20N2O4. The molecule has 114 valence electrons. The van der Waals surface area contributed by atoms with Crippen LogP contribution < -0.4 is 5.32 Å². The van der Waals surface area contributed by atoms with Crippen LogP contribution in [0.2, 0.25) is 0 Å². The van der Waals surface area contributed by atoms with Gasteiger partial charge in [-0.3, -0.25) is 9.59 Å². The van der Waals surface area contributed by atoms with Gasteiger partial charge in [0, 0.05) is 25.9 Å². The Morgan fingerprint density at radius 1 is 1.19 bits per heavy atom. The van der Waals surface area contributed by atoms with Crippen molar-refractivity contribution in [3.05, 3.63) is 35.9 Å². The molecule has 6 heteroatoms. The number of nitrogens with one attached hydrogen (secondary N) is 1. The Morgan fingerprint density at radius 2 is 1.86 bits per heavy atom. The minimum Gasteiger partial charge on any atom is -0.465 e. The van der Waals surface area contributed by atoms with Gasteiger partial charge in [0.25, 0.3) is 0 Å². The third-order valence-corrected chi connectivity index (χ3v) is 2.97. The third kappa shape index (κ3) is 6.56. The van der Waals surface area contributed by atoms with Gasteiger partial charge in [0.2, 0.25) is 5.91 Å². The minimum absolute atomic E-state index is 0.00108. The summed E-state index contributed by atoms with van der Waals surface area (Å²) in [6, 6.07) is 9.18. The molecule has 0 spiro atoms. The lowest BCUT2D eigenvalue weighted by Gasteiger charge is -2.19. The standard InChI is InChI=1S/C15H20N2O4/c1-2-13(18)10-16-14(19)8-9-17(15(20)21)11-12-6-4-3-5-7-12/h3-7H,2,8-11H2,1H3,(H,16,19)(H,20,21). The molecule has 0 heterocycles. The Labute approximate surface area is 123 Å². The molecule has 0 aliphatic heterocycles. The van der Waals surface area contributed by atoms with E-state index in [1.807, 2.05) is 30.3 Å². The van der Waals surface area contributed by atoms with Crippen LogP contribution in [0.5, 0.6) is 0 Å². The van der Waals surface area contributed by atoms with E-state index in [-0.39, 0.29) is 37.7 Å². The van der Waals surface area contributed by atoms with Gasteiger partial charge in [-0.05, 0) is 5.56 Å². The van der Waals surface area contributed by atoms with E-state index in [2.05, 4.69) is 5.32 Å². The van der Waals surface area contributed by atoms with E-state index in [0.29, 0.717) is 6.42 Å². The summed E-state index contributed by atoms with van der Waals surface area (Å²) in [4.78, 5) is 35.0. The Morgan fingerprint density at radius 3 is 2.43 bits per heavy atom. The second-order valence-corrected chi connectivity index (χ2v) is 4.61. The van der Waals surface area contributed by atoms with E-state index in [1.54, 1.807) is 6.92 Å². The number of ketones is 1. The molecule has 0 radical (unpaired) electrons. The number of rotatable bonds is 8. The van der Waals surface area contributed by atoms with Crippen LogP contribution in [0.4, 0.5) is 4.79 Å². The van der Waals surface area contributed by atoms with Crippen molar-refractivity contribution in [2.75, 3.05) is 13.1 Å². The minimum atomic E-state index is -1.07. The monoisotopic (exact) mass is 292 g/mol. The molecule has 0 saturated heterocycles. The third-order valence-electron chi connectivity index (χ3n) is 2.97. The molecule has 0 saturated carbocycles. The quantitative estimate of drug-likeness (QED) is 0.762. The molecule has 1 aromatic rings. The van der Waals surface area contributed by atoms with Crippen molar-refractivity contribution in [2.45, 2.75) is 26.3 Å². The molecule has 1 aromatic carbocycles. The summed E-state index contributed by atoms with van der Waals surface area (Å²) < 4.78 is 0. The van der Waals surface area contributed by atoms with Gasteiger partial charge < -0.3 is 15.3 Å². The maximum Gasteiger partial charge on any atom is 0.407 e. The number of Topliss-reactive ketones (excluding diaryl/α,β-unsaturated/α-hetero) is 1. The fourth-order valence-corrected chi connectivity index (χ4v) is 1.69. The van der Waals surface area contributed by atoms with Gasteiger partial charge in [0.1, 0.15) is 0 Å². The lowest BCUT2D eigenvalue weighted by molar-refractivity contribution is -0.125. The second-order valence-electron chi connectivity index (χ2n) is 4.61. The normalized spacial score (nSPS) is 9.95. The molecule has 2 N–H and O–H groups in total. The summed E-state index contributed by atoms with van der Waals surface area (Å²) in [6.07, 6.45) is -0.664. The first-order chi connectivity index (χ1) is 10.0. The molecule has 0 fully saturated rings. The van der Waals surface area contributed by atoms with Crippen LogP contribution in [-0.4, -0.2) is 40.9 Å². The van der Waals surface area contributed by atoms with Crippen molar-refractivity contribution >= 4 is 17.8 Å². The van der Waals surface area contributed by atoms with E-state index >= 15 is 0 Å². The molecule has 6 nitrogen and oxygen atoms in total. The van der Waals surface area contributed by atoms with Gasteiger partial charge in [-0.2, -0.15) is 0 Å². The molecule has 2 amide bonds. The Kier molecular flexibility index (Phi) is 6.94. The van der Waals surface area contributed by atoms with Crippen molar-refractivity contribution in [1.82, 2.24) is 10.2 Å². The highest BCUT2D eigenvalue weighted by atomic mass is 16.4. The van der Waals surface area contributed by atoms with Gasteiger partial charge in [0.05, 0.1) is 6.54 Å². The van der Waals surface area contributed by atoms with E-state index in [9.17, 15) is 14.4 Å². The van der Waals surface area contributed by atoms with Crippen LogP contribution in [-0.2, 0) is 16.1 Å². The molecular weight excluding hydrogens is 272 g/mol. The van der Waals surface area contributed by atoms with Gasteiger partial charge in [-0.25, -0.2) is 4.79 Å². The molecule has 0 unspecified atom stereocenters. The molecule has 21 heavy (non-hydrogen) atoms. The molecule has 0 atom stereocenters. The van der Waals surface area contributed by atoms with Crippen molar-refractivity contribution in [3.63, 3.8) is 0 Å². The van der Waals surface area contributed by atoms with Gasteiger partial charge >= 0.3 is 6.09 Å². The number of benzene rings is 1. The average Bonchev–Trinajstić information content (AvgIpc) is 2.49. The topological polar surface area (TPSA) is 86.7 Å². The molecule has 0 aliphatic carbocycles. The Hall–Kier alpha value is -2.37. The van der Waals surface area contributed by atoms with E-state index in [4.69, 9.17) is 5.11 Å². The largest absolute Gasteiger partial charge is 0.465 e. The maximum absolute atomic E-state index is 11.6. The average molecular weight is 292 g/mol. The van der Waals surface area contributed by atoms with E-state index < -0.39 is 6.09 Å². The first-order valence-corrected chi connectivity index (χ1v) is 6.83. The summed E-state index contributed by atoms with van der Waals surface area (Å²) in [5.41, 5.74) is 0.862. The molecule has 0 bridgehead atoms. The number of nitrogens with zero attached hydrogens (tertiary/aromatic N) is 1. The molecule has 0 aliphatic rings. The van der Waals surface area contributed by atoms with Crippen molar-refractivity contribution < 1.29 is 19.5 Å². The smallest absolute Gasteiger partial charge is 0.407 e. The molecule has 1 rings (SSSR count). The fraction of sp³-hybridized carbons (Fsp3) is 0.400. The zero-order valence-electron chi connectivity index (χ0n) is 12.0. The number of carbonyl (C=O) groups is 3. The van der Waals surface area contributed by atoms with Crippen LogP contribution in [0, 0.1) is 0 Å². The van der Waals surface area contributed by atoms with Crippen LogP contribution in [0.3, 0.4) is 0 Å². The number of carbonyl (C=O) groups excluding carboxylic acids is 2. The zero-order valence-corrected chi connectivity index (χ0v) is 12.0. The zero-order chi connectivity index (χ0) is 15.7. The first-order valence-electron chi connectivity index (χ1n) is 6.83. The Balaban J connectivity index is 2.43. The van der Waals surface area contributed by atoms with Crippen molar-refractivity contribution in [3.8, 4) is 0 Å². The molecule has 0 aromatic heterocycles. The lowest BCUT2D eigenvalue weighted by Crippen LogP contribution is -2.35. The SMILES string of the molecule is CCC(=O)CNC(=O)CCN(Cc1ccccc1)C(=O)O. The van der Waals surface area contributed by atoms with Crippen molar-refractivity contribution in [2.24, 2.45) is 0 Å².